The molecule has 2 atom stereocenters. The van der Waals surface area contributed by atoms with Crippen LogP contribution < -0.4 is 6.15 Å². The highest BCUT2D eigenvalue weighted by molar-refractivity contribution is 7.42. The summed E-state index contributed by atoms with van der Waals surface area (Å²) in [6.07, 6.45) is -2.19. The Kier molecular flexibility index (Phi) is 80.4. The highest BCUT2D eigenvalue weighted by atomic mass is 31.2. The molecule has 0 aromatic heterocycles. The predicted molar refractivity (Wildman–Crippen MR) is 152 cm³/mol. The summed E-state index contributed by atoms with van der Waals surface area (Å²) in [5, 5.41) is 49.3. The van der Waals surface area contributed by atoms with Crippen molar-refractivity contribution in [2.24, 2.45) is 0 Å². The predicted octanol–water partition coefficient (Wildman–Crippen LogP) is -5.91. The Morgan fingerprint density at radius 3 is 1.37 bits per heavy atom. The average Bonchev–Trinajstić information content (AvgIpc) is 3.46. The van der Waals surface area contributed by atoms with Crippen molar-refractivity contribution in [2.75, 3.05) is 52.9 Å². The Morgan fingerprint density at radius 1 is 0.829 bits per heavy atom. The van der Waals surface area contributed by atoms with Gasteiger partial charge in [-0.3, -0.25) is 4.52 Å². The first-order valence-corrected chi connectivity index (χ1v) is 12.9. The molecule has 3 fully saturated rings. The van der Waals surface area contributed by atoms with E-state index in [4.69, 9.17) is 63.8 Å². The lowest BCUT2D eigenvalue weighted by molar-refractivity contribution is 0.0143. The summed E-state index contributed by atoms with van der Waals surface area (Å²) >= 11 is 0. The minimum absolute atomic E-state index is 0. The fourth-order valence-corrected chi connectivity index (χ4v) is 3.27. The highest BCUT2D eigenvalue weighted by Crippen LogP contribution is 2.51. The molecule has 0 aromatic carbocycles. The van der Waals surface area contributed by atoms with Gasteiger partial charge in [-0.1, -0.05) is 7.43 Å². The molecule has 0 radical (unpaired) electrons. The third-order valence-electron chi connectivity index (χ3n) is 2.67. The van der Waals surface area contributed by atoms with Crippen molar-refractivity contribution in [3.8, 4) is 0 Å². The van der Waals surface area contributed by atoms with Gasteiger partial charge in [-0.15, -0.1) is 0 Å². The maximum absolute atomic E-state index is 9.51. The lowest BCUT2D eigenvalue weighted by atomic mass is 10.4. The number of fused-ring (bicyclic) bond motifs is 2. The highest BCUT2D eigenvalue weighted by Gasteiger charge is 2.36. The van der Waals surface area contributed by atoms with E-state index in [1.54, 1.807) is 0 Å². The molecule has 0 amide bonds. The zero-order chi connectivity index (χ0) is 25.6. The third kappa shape index (κ3) is 50.9. The summed E-state index contributed by atoms with van der Waals surface area (Å²) in [5.74, 6) is 0. The summed E-state index contributed by atoms with van der Waals surface area (Å²) in [6, 6.07) is 0. The first kappa shape index (κ1) is 68.9. The summed E-state index contributed by atoms with van der Waals surface area (Å²) in [4.78, 5) is 30.2. The van der Waals surface area contributed by atoms with Gasteiger partial charge in [-0.2, -0.15) is 9.90 Å². The molecule has 0 aromatic rings. The Bertz CT molecular complexity index is 414. The lowest BCUT2D eigenvalue weighted by Crippen LogP contribution is -2.24. The van der Waals surface area contributed by atoms with Crippen molar-refractivity contribution in [1.82, 2.24) is 6.15 Å². The number of hydrogen-bond acceptors (Lipinski definition) is 18. The van der Waals surface area contributed by atoms with Gasteiger partial charge in [0.2, 0.25) is 0 Å². The van der Waals surface area contributed by atoms with E-state index in [0.717, 1.165) is 13.2 Å². The molecule has 23 N–H and O–H groups in total. The number of hydrogen-bond donors (Lipinski definition) is 11. The quantitative estimate of drug-likeness (QED) is 0.113. The maximum atomic E-state index is 9.51. The number of rotatable bonds is 6. The van der Waals surface area contributed by atoms with Gasteiger partial charge in [0.1, 0.15) is 24.4 Å². The van der Waals surface area contributed by atoms with Gasteiger partial charge in [0.25, 0.3) is 0 Å². The largest absolute Gasteiger partial charge is 0.412 e. The third-order valence-corrected chi connectivity index (χ3v) is 4.86. The molecule has 3 aliphatic rings. The van der Waals surface area contributed by atoms with E-state index in [2.05, 4.69) is 13.6 Å². The van der Waals surface area contributed by atoms with Gasteiger partial charge in [-0.05, 0) is 0 Å². The summed E-state index contributed by atoms with van der Waals surface area (Å²) in [5.41, 5.74) is 0. The van der Waals surface area contributed by atoms with Gasteiger partial charge in [0.15, 0.2) is 0 Å². The van der Waals surface area contributed by atoms with Crippen LogP contribution in [0.4, 0.5) is 0 Å². The molecule has 0 spiro atoms. The molecule has 0 aliphatic carbocycles. The topological polar surface area (TPSA) is 467 Å². The SMILES string of the molecule is C.C1OP2OCC1O2.N.O.O.O.O.O.O=POCC(O)CO.OC1COP(O)OC1.OCC(O)CO.OP(O)O.P. The molecule has 28 heteroatoms. The molecule has 3 heterocycles. The average molecular weight is 727 g/mol. The molecule has 3 aliphatic heterocycles. The Labute approximate surface area is 245 Å². The molecule has 41 heavy (non-hydrogen) atoms. The van der Waals surface area contributed by atoms with Crippen LogP contribution in [-0.4, -0.2) is 155 Å². The van der Waals surface area contributed by atoms with Crippen LogP contribution in [0.1, 0.15) is 7.43 Å². The first-order valence-electron chi connectivity index (χ1n) is 8.75. The van der Waals surface area contributed by atoms with Gasteiger partial charge >= 0.3 is 34.5 Å². The summed E-state index contributed by atoms with van der Waals surface area (Å²) < 4.78 is 37.8. The zero-order valence-electron chi connectivity index (χ0n) is 21.0. The molecule has 264 valence electrons. The Balaban J connectivity index is -0.0000000354. The zero-order valence-corrected chi connectivity index (χ0v) is 26.0. The van der Waals surface area contributed by atoms with E-state index in [1.165, 1.54) is 0 Å². The van der Waals surface area contributed by atoms with E-state index >= 15 is 0 Å². The van der Waals surface area contributed by atoms with Gasteiger partial charge in [0.05, 0.1) is 52.9 Å². The molecule has 2 bridgehead atoms. The van der Waals surface area contributed by atoms with E-state index in [9.17, 15) is 4.57 Å². The van der Waals surface area contributed by atoms with E-state index in [1.807, 2.05) is 0 Å². The fraction of sp³-hybridized carbons (Fsp3) is 1.00. The first-order chi connectivity index (χ1) is 15.6. The normalized spacial score (nSPS) is 21.1. The second kappa shape index (κ2) is 47.9. The van der Waals surface area contributed by atoms with Crippen molar-refractivity contribution in [1.29, 1.82) is 0 Å². The van der Waals surface area contributed by atoms with Crippen molar-refractivity contribution in [3.63, 3.8) is 0 Å². The molecule has 0 saturated carbocycles. The smallest absolute Gasteiger partial charge is 0.333 e. The van der Waals surface area contributed by atoms with Gasteiger partial charge < -0.3 is 106 Å². The summed E-state index contributed by atoms with van der Waals surface area (Å²) in [6.45, 7) is 0.659. The Morgan fingerprint density at radius 2 is 1.20 bits per heavy atom. The van der Waals surface area contributed by atoms with Crippen LogP contribution in [0, 0.1) is 0 Å². The number of aliphatic hydroxyl groups excluding tert-OH is 6. The lowest BCUT2D eigenvalue weighted by Gasteiger charge is -2.20. The van der Waals surface area contributed by atoms with E-state index in [-0.39, 0.29) is 96.6 Å². The van der Waals surface area contributed by atoms with Crippen molar-refractivity contribution in [3.05, 3.63) is 0 Å². The molecule has 2 unspecified atom stereocenters. The minimum Gasteiger partial charge on any atom is -0.412 e. The second-order valence-electron chi connectivity index (χ2n) is 5.52. The van der Waals surface area contributed by atoms with Crippen LogP contribution in [0.15, 0.2) is 0 Å². The Hall–Kier alpha value is 0.940. The minimum atomic E-state index is -2.62. The van der Waals surface area contributed by atoms with Gasteiger partial charge in [-0.25, -0.2) is 4.57 Å². The fourth-order valence-electron chi connectivity index (χ4n) is 1.23. The molecular weight excluding hydrogens is 677 g/mol. The number of aliphatic hydroxyl groups is 6. The molecular formula is C13H50NO22P5. The molecule has 3 rings (SSSR count). The van der Waals surface area contributed by atoms with Gasteiger partial charge in [0, 0.05) is 0 Å². The maximum Gasteiger partial charge on any atom is 0.333 e. The van der Waals surface area contributed by atoms with E-state index < -0.39 is 52.8 Å². The second-order valence-corrected chi connectivity index (χ2v) is 8.63. The summed E-state index contributed by atoms with van der Waals surface area (Å²) in [7, 11) is -5.64. The monoisotopic (exact) mass is 727 g/mol. The molecule has 3 saturated heterocycles. The van der Waals surface area contributed by atoms with Crippen molar-refractivity contribution in [2.45, 2.75) is 31.8 Å². The van der Waals surface area contributed by atoms with Crippen LogP contribution in [-0.2, 0) is 31.7 Å². The standard InChI is InChI=1S/2C3H7O4P.C3H5O3P.C3H8O3.CH4.H3N.H3O3P.5H2O.H3P/c4-3-1-6-8(5)7-2-3;4-1-3(5)2-7-8-6;1-3-2-5-7(4-1)6-3;4-1-3(6)2-5;;;1-4(2)3;;;;;;/h2*3-5H,1-2H2;3H,1-2H2;3-6H,1-2H2;1H4;1H3;1-3H;5*1H2;1H3. The van der Waals surface area contributed by atoms with Crippen molar-refractivity contribution >= 4 is 44.4 Å². The van der Waals surface area contributed by atoms with Crippen LogP contribution in [0.2, 0.25) is 0 Å². The van der Waals surface area contributed by atoms with Crippen molar-refractivity contribution < 1.29 is 109 Å². The van der Waals surface area contributed by atoms with E-state index in [0.29, 0.717) is 0 Å². The van der Waals surface area contributed by atoms with Crippen LogP contribution in [0.5, 0.6) is 0 Å². The van der Waals surface area contributed by atoms with Crippen LogP contribution in [0.25, 0.3) is 0 Å². The van der Waals surface area contributed by atoms with Crippen LogP contribution >= 0.6 is 44.4 Å². The molecule has 23 nitrogen and oxygen atoms in total. The van der Waals surface area contributed by atoms with Crippen LogP contribution in [0.3, 0.4) is 0 Å².